The normalized spacial score (nSPS) is 45.4. The van der Waals surface area contributed by atoms with E-state index in [-0.39, 0.29) is 5.41 Å². The minimum absolute atomic E-state index is 0.239. The number of nitrogens with zero attached hydrogens (tertiary/aromatic N) is 3. The van der Waals surface area contributed by atoms with Gasteiger partial charge in [0.2, 0.25) is 0 Å². The summed E-state index contributed by atoms with van der Waals surface area (Å²) in [6, 6.07) is 4.92. The van der Waals surface area contributed by atoms with Crippen molar-refractivity contribution in [2.45, 2.75) is 11.5 Å². The molecule has 96 valence electrons. The van der Waals surface area contributed by atoms with Crippen LogP contribution < -0.4 is 5.32 Å². The molecule has 5 rings (SSSR count). The molecule has 5 heterocycles. The number of nitrogens with one attached hydrogen (secondary N) is 1. The van der Waals surface area contributed by atoms with E-state index in [0.29, 0.717) is 6.04 Å². The zero-order valence-electron chi connectivity index (χ0n) is 10.8. The minimum atomic E-state index is 0.239. The maximum atomic E-state index is 4.35. The second kappa shape index (κ2) is 3.76. The molecule has 4 heteroatoms. The fourth-order valence-corrected chi connectivity index (χ4v) is 4.59. The van der Waals surface area contributed by atoms with Gasteiger partial charge in [-0.1, -0.05) is 6.07 Å². The first-order valence-electron chi connectivity index (χ1n) is 6.84. The molecule has 4 fully saturated rings. The lowest BCUT2D eigenvalue weighted by Gasteiger charge is -2.63. The van der Waals surface area contributed by atoms with Crippen LogP contribution in [0.3, 0.4) is 0 Å². The molecule has 1 N–H and O–H groups in total. The van der Waals surface area contributed by atoms with E-state index in [9.17, 15) is 0 Å². The van der Waals surface area contributed by atoms with E-state index in [1.54, 1.807) is 0 Å². The summed E-state index contributed by atoms with van der Waals surface area (Å²) in [5.41, 5.74) is 1.64. The van der Waals surface area contributed by atoms with E-state index >= 15 is 0 Å². The van der Waals surface area contributed by atoms with Crippen LogP contribution in [0.25, 0.3) is 0 Å². The summed E-state index contributed by atoms with van der Waals surface area (Å²) in [6.07, 6.45) is 3.94. The van der Waals surface area contributed by atoms with Gasteiger partial charge in [0, 0.05) is 55.9 Å². The number of hydrogen-bond acceptors (Lipinski definition) is 4. The van der Waals surface area contributed by atoms with E-state index in [0.717, 1.165) is 12.6 Å². The highest BCUT2D eigenvalue weighted by Crippen LogP contribution is 2.44. The fraction of sp³-hybridized carbons (Fsp3) is 0.643. The summed E-state index contributed by atoms with van der Waals surface area (Å²) in [5.74, 6) is 0.756. The van der Waals surface area contributed by atoms with Crippen LogP contribution in [-0.4, -0.2) is 60.7 Å². The molecule has 0 saturated carbocycles. The lowest BCUT2D eigenvalue weighted by Crippen LogP contribution is -2.77. The lowest BCUT2D eigenvalue weighted by atomic mass is 9.63. The van der Waals surface area contributed by atoms with Crippen LogP contribution in [0.15, 0.2) is 24.5 Å². The molecule has 1 aromatic rings. The van der Waals surface area contributed by atoms with Gasteiger partial charge in [-0.15, -0.1) is 0 Å². The Labute approximate surface area is 108 Å². The first kappa shape index (κ1) is 10.9. The molecular weight excluding hydrogens is 224 g/mol. The highest BCUT2D eigenvalue weighted by Gasteiger charge is 2.56. The molecule has 3 atom stereocenters. The zero-order chi connectivity index (χ0) is 12.2. The topological polar surface area (TPSA) is 31.4 Å². The van der Waals surface area contributed by atoms with Crippen molar-refractivity contribution in [3.63, 3.8) is 0 Å². The number of hydrogen-bond donors (Lipinski definition) is 1. The highest BCUT2D eigenvalue weighted by atomic mass is 15.4. The second-order valence-electron chi connectivity index (χ2n) is 6.09. The van der Waals surface area contributed by atoms with Gasteiger partial charge in [0.15, 0.2) is 0 Å². The summed E-state index contributed by atoms with van der Waals surface area (Å²) in [6.45, 7) is 6.03. The van der Waals surface area contributed by atoms with Crippen LogP contribution in [0.5, 0.6) is 0 Å². The average Bonchev–Trinajstić information content (AvgIpc) is 2.39. The van der Waals surface area contributed by atoms with Crippen LogP contribution in [0, 0.1) is 5.92 Å². The van der Waals surface area contributed by atoms with Crippen molar-refractivity contribution in [2.75, 3.05) is 39.9 Å². The van der Waals surface area contributed by atoms with E-state index in [1.807, 2.05) is 6.20 Å². The summed E-state index contributed by atoms with van der Waals surface area (Å²) in [7, 11) is 2.12. The number of aromatic nitrogens is 1. The van der Waals surface area contributed by atoms with Crippen LogP contribution in [0.2, 0.25) is 0 Å². The van der Waals surface area contributed by atoms with E-state index < -0.39 is 0 Å². The fourth-order valence-electron chi connectivity index (χ4n) is 4.59. The van der Waals surface area contributed by atoms with Crippen molar-refractivity contribution in [1.29, 1.82) is 0 Å². The Morgan fingerprint density at radius 1 is 1.33 bits per heavy atom. The van der Waals surface area contributed by atoms with Crippen LogP contribution in [0.1, 0.15) is 5.56 Å². The van der Waals surface area contributed by atoms with Crippen LogP contribution in [-0.2, 0) is 5.41 Å². The monoisotopic (exact) mass is 244 g/mol. The first-order valence-corrected chi connectivity index (χ1v) is 6.84. The average molecular weight is 244 g/mol. The Bertz CT molecular complexity index is 432. The Balaban J connectivity index is 1.81. The second-order valence-corrected chi connectivity index (χ2v) is 6.09. The van der Waals surface area contributed by atoms with Gasteiger partial charge in [0.25, 0.3) is 0 Å². The Morgan fingerprint density at radius 3 is 2.72 bits per heavy atom. The molecule has 4 aliphatic rings. The van der Waals surface area contributed by atoms with Gasteiger partial charge in [-0.2, -0.15) is 0 Å². The molecule has 0 spiro atoms. The predicted octanol–water partition coefficient (Wildman–Crippen LogP) is 0.126. The van der Waals surface area contributed by atoms with E-state index in [2.05, 4.69) is 45.5 Å². The molecule has 4 nitrogen and oxygen atoms in total. The van der Waals surface area contributed by atoms with Gasteiger partial charge in [-0.05, 0) is 18.7 Å². The van der Waals surface area contributed by atoms with Gasteiger partial charge in [0.05, 0.1) is 6.67 Å². The number of pyridine rings is 1. The van der Waals surface area contributed by atoms with Gasteiger partial charge in [-0.3, -0.25) is 14.8 Å². The molecule has 1 aromatic heterocycles. The highest BCUT2D eigenvalue weighted by molar-refractivity contribution is 5.31. The number of rotatable bonds is 2. The molecule has 4 aliphatic heterocycles. The smallest absolute Gasteiger partial charge is 0.0507 e. The molecule has 0 aromatic carbocycles. The molecule has 4 bridgehead atoms. The van der Waals surface area contributed by atoms with E-state index in [1.165, 1.54) is 31.7 Å². The first-order chi connectivity index (χ1) is 8.82. The number of piperidine rings is 2. The third-order valence-corrected chi connectivity index (χ3v) is 5.01. The van der Waals surface area contributed by atoms with Gasteiger partial charge >= 0.3 is 0 Å². The summed E-state index contributed by atoms with van der Waals surface area (Å²) in [4.78, 5) is 9.57. The van der Waals surface area contributed by atoms with Crippen molar-refractivity contribution < 1.29 is 0 Å². The van der Waals surface area contributed by atoms with Crippen molar-refractivity contribution in [3.05, 3.63) is 30.1 Å². The zero-order valence-corrected chi connectivity index (χ0v) is 10.8. The largest absolute Gasteiger partial charge is 0.316 e. The van der Waals surface area contributed by atoms with Gasteiger partial charge < -0.3 is 5.32 Å². The molecular formula is C14H20N4. The van der Waals surface area contributed by atoms with Gasteiger partial charge in [-0.25, -0.2) is 0 Å². The SMILES string of the molecule is CNC1C2CN3CN(C2)CC1(c1cccnc1)C3. The van der Waals surface area contributed by atoms with Crippen molar-refractivity contribution in [3.8, 4) is 0 Å². The molecule has 0 aliphatic carbocycles. The van der Waals surface area contributed by atoms with Crippen molar-refractivity contribution >= 4 is 0 Å². The molecule has 4 saturated heterocycles. The maximum Gasteiger partial charge on any atom is 0.0507 e. The molecule has 18 heavy (non-hydrogen) atoms. The number of likely N-dealkylation sites (N-methyl/N-ethyl adjacent to an activating group) is 1. The van der Waals surface area contributed by atoms with Crippen LogP contribution in [0.4, 0.5) is 0 Å². The Kier molecular flexibility index (Phi) is 2.28. The molecule has 3 unspecified atom stereocenters. The quantitative estimate of drug-likeness (QED) is 0.801. The Hall–Kier alpha value is -0.970. The summed E-state index contributed by atoms with van der Waals surface area (Å²) < 4.78 is 0. The van der Waals surface area contributed by atoms with E-state index in [4.69, 9.17) is 0 Å². The summed E-state index contributed by atoms with van der Waals surface area (Å²) in [5, 5.41) is 3.61. The molecule has 0 radical (unpaired) electrons. The van der Waals surface area contributed by atoms with Crippen molar-refractivity contribution in [2.24, 2.45) is 5.92 Å². The minimum Gasteiger partial charge on any atom is -0.316 e. The summed E-state index contributed by atoms with van der Waals surface area (Å²) >= 11 is 0. The lowest BCUT2D eigenvalue weighted by molar-refractivity contribution is -0.106. The Morgan fingerprint density at radius 2 is 2.11 bits per heavy atom. The maximum absolute atomic E-state index is 4.35. The van der Waals surface area contributed by atoms with Gasteiger partial charge in [0.1, 0.15) is 0 Å². The van der Waals surface area contributed by atoms with Crippen LogP contribution >= 0.6 is 0 Å². The van der Waals surface area contributed by atoms with Crippen molar-refractivity contribution in [1.82, 2.24) is 20.1 Å². The molecule has 0 amide bonds. The third kappa shape index (κ3) is 1.34. The predicted molar refractivity (Wildman–Crippen MR) is 70.3 cm³/mol. The standard InChI is InChI=1S/C14H20N4/c1-15-13-11-6-17-8-14(13,9-18(7-11)10-17)12-3-2-4-16-5-12/h2-5,11,13,15H,6-10H2,1H3. The third-order valence-electron chi connectivity index (χ3n) is 5.01.